The van der Waals surface area contributed by atoms with Crippen molar-refractivity contribution in [3.8, 4) is 0 Å². The van der Waals surface area contributed by atoms with E-state index in [1.54, 1.807) is 29.1 Å². The topological polar surface area (TPSA) is 60.9 Å². The lowest BCUT2D eigenvalue weighted by Gasteiger charge is -2.08. The van der Waals surface area contributed by atoms with Crippen LogP contribution in [0.25, 0.3) is 0 Å². The van der Waals surface area contributed by atoms with Crippen molar-refractivity contribution in [2.75, 3.05) is 5.73 Å². The zero-order valence-electron chi connectivity index (χ0n) is 10.4. The fraction of sp³-hybridized carbons (Fsp3) is 0.231. The lowest BCUT2D eigenvalue weighted by atomic mass is 10.1. The second kappa shape index (κ2) is 5.75. The van der Waals surface area contributed by atoms with Crippen LogP contribution in [0.3, 0.4) is 0 Å². The Balaban J connectivity index is 2.46. The minimum Gasteiger partial charge on any atom is -0.398 e. The van der Waals surface area contributed by atoms with E-state index in [0.717, 1.165) is 6.42 Å². The Bertz CT molecular complexity index is 624. The molecule has 1 heterocycles. The van der Waals surface area contributed by atoms with Gasteiger partial charge in [-0.1, -0.05) is 18.5 Å². The van der Waals surface area contributed by atoms with Gasteiger partial charge >= 0.3 is 0 Å². The highest BCUT2D eigenvalue weighted by Gasteiger charge is 2.20. The molecule has 0 aliphatic heterocycles. The average Bonchev–Trinajstić information content (AvgIpc) is 2.70. The van der Waals surface area contributed by atoms with E-state index in [1.165, 1.54) is 0 Å². The molecule has 0 bridgehead atoms. The number of aromatic nitrogens is 2. The molecular weight excluding hydrogens is 330 g/mol. The standard InChI is InChI=1S/C13H13BrClN3O/c1-2-5-18-12(10(14)7-17-18)13(19)9-4-3-8(15)6-11(9)16/h3-4,6-7H,2,5,16H2,1H3. The number of nitrogens with two attached hydrogens (primary N) is 1. The zero-order valence-corrected chi connectivity index (χ0v) is 12.7. The smallest absolute Gasteiger partial charge is 0.214 e. The Hall–Kier alpha value is -1.33. The molecule has 2 rings (SSSR count). The molecule has 0 radical (unpaired) electrons. The molecule has 0 spiro atoms. The van der Waals surface area contributed by atoms with Gasteiger partial charge < -0.3 is 5.73 Å². The molecule has 0 fully saturated rings. The van der Waals surface area contributed by atoms with Crippen molar-refractivity contribution < 1.29 is 4.79 Å². The predicted octanol–water partition coefficient (Wildman–Crippen LogP) is 3.52. The van der Waals surface area contributed by atoms with Crippen LogP contribution in [0, 0.1) is 0 Å². The zero-order chi connectivity index (χ0) is 14.0. The highest BCUT2D eigenvalue weighted by molar-refractivity contribution is 9.10. The van der Waals surface area contributed by atoms with E-state index in [0.29, 0.717) is 33.0 Å². The van der Waals surface area contributed by atoms with Gasteiger partial charge in [0.05, 0.1) is 10.7 Å². The average molecular weight is 343 g/mol. The van der Waals surface area contributed by atoms with Gasteiger partial charge in [-0.15, -0.1) is 0 Å². The summed E-state index contributed by atoms with van der Waals surface area (Å²) in [5.41, 5.74) is 7.16. The summed E-state index contributed by atoms with van der Waals surface area (Å²) >= 11 is 9.19. The lowest BCUT2D eigenvalue weighted by Crippen LogP contribution is -2.13. The van der Waals surface area contributed by atoms with Crippen molar-refractivity contribution in [2.45, 2.75) is 19.9 Å². The van der Waals surface area contributed by atoms with Gasteiger partial charge in [-0.3, -0.25) is 9.48 Å². The van der Waals surface area contributed by atoms with Crippen molar-refractivity contribution in [1.29, 1.82) is 0 Å². The van der Waals surface area contributed by atoms with Gasteiger partial charge in [0.2, 0.25) is 5.78 Å². The molecule has 0 unspecified atom stereocenters. The predicted molar refractivity (Wildman–Crippen MR) is 79.5 cm³/mol. The van der Waals surface area contributed by atoms with Gasteiger partial charge in [0.15, 0.2) is 0 Å². The van der Waals surface area contributed by atoms with E-state index in [-0.39, 0.29) is 5.78 Å². The number of ketones is 1. The maximum absolute atomic E-state index is 12.5. The third-order valence-corrected chi connectivity index (χ3v) is 3.52. The highest BCUT2D eigenvalue weighted by Crippen LogP contribution is 2.25. The molecule has 2 N–H and O–H groups in total. The van der Waals surface area contributed by atoms with E-state index in [9.17, 15) is 4.79 Å². The third kappa shape index (κ3) is 2.82. The van der Waals surface area contributed by atoms with Crippen LogP contribution >= 0.6 is 27.5 Å². The summed E-state index contributed by atoms with van der Waals surface area (Å²) in [5, 5.41) is 4.69. The first-order valence-corrected chi connectivity index (χ1v) is 7.02. The number of rotatable bonds is 4. The van der Waals surface area contributed by atoms with Gasteiger partial charge in [0.1, 0.15) is 5.69 Å². The van der Waals surface area contributed by atoms with Crippen LogP contribution in [0.1, 0.15) is 29.4 Å². The van der Waals surface area contributed by atoms with Crippen LogP contribution in [0.15, 0.2) is 28.9 Å². The van der Waals surface area contributed by atoms with Crippen LogP contribution < -0.4 is 5.73 Å². The van der Waals surface area contributed by atoms with Crippen molar-refractivity contribution >= 4 is 39.0 Å². The molecule has 4 nitrogen and oxygen atoms in total. The van der Waals surface area contributed by atoms with Crippen molar-refractivity contribution in [3.05, 3.63) is 45.1 Å². The quantitative estimate of drug-likeness (QED) is 0.683. The fourth-order valence-corrected chi connectivity index (χ4v) is 2.49. The number of nitrogens with zero attached hydrogens (tertiary/aromatic N) is 2. The first-order valence-electron chi connectivity index (χ1n) is 5.85. The molecule has 0 saturated carbocycles. The molecule has 0 aliphatic rings. The van der Waals surface area contributed by atoms with E-state index in [2.05, 4.69) is 21.0 Å². The molecule has 0 atom stereocenters. The van der Waals surface area contributed by atoms with Gasteiger partial charge in [0.25, 0.3) is 0 Å². The van der Waals surface area contributed by atoms with E-state index in [1.807, 2.05) is 6.92 Å². The maximum atomic E-state index is 12.5. The van der Waals surface area contributed by atoms with Crippen LogP contribution in [-0.2, 0) is 6.54 Å². The van der Waals surface area contributed by atoms with Gasteiger partial charge in [-0.05, 0) is 40.5 Å². The van der Waals surface area contributed by atoms with Crippen LogP contribution in [0.2, 0.25) is 5.02 Å². The van der Waals surface area contributed by atoms with Gasteiger partial charge in [0, 0.05) is 22.8 Å². The minimum absolute atomic E-state index is 0.160. The fourth-order valence-electron chi connectivity index (χ4n) is 1.84. The number of nitrogen functional groups attached to an aromatic ring is 1. The molecule has 2 aromatic rings. The van der Waals surface area contributed by atoms with Gasteiger partial charge in [-0.25, -0.2) is 0 Å². The Labute approximate surface area is 124 Å². The van der Waals surface area contributed by atoms with E-state index < -0.39 is 0 Å². The third-order valence-electron chi connectivity index (χ3n) is 2.70. The molecule has 0 aliphatic carbocycles. The SMILES string of the molecule is CCCn1ncc(Br)c1C(=O)c1ccc(Cl)cc1N. The highest BCUT2D eigenvalue weighted by atomic mass is 79.9. The van der Waals surface area contributed by atoms with Crippen molar-refractivity contribution in [1.82, 2.24) is 9.78 Å². The minimum atomic E-state index is -0.160. The molecule has 1 aromatic carbocycles. The summed E-state index contributed by atoms with van der Waals surface area (Å²) in [6.07, 6.45) is 2.51. The Morgan fingerprint density at radius 3 is 2.89 bits per heavy atom. The number of carbonyl (C=O) groups excluding carboxylic acids is 1. The summed E-state index contributed by atoms with van der Waals surface area (Å²) in [4.78, 5) is 12.5. The van der Waals surface area contributed by atoms with Crippen LogP contribution in [0.5, 0.6) is 0 Å². The largest absolute Gasteiger partial charge is 0.398 e. The van der Waals surface area contributed by atoms with Crippen LogP contribution in [-0.4, -0.2) is 15.6 Å². The second-order valence-corrected chi connectivity index (χ2v) is 5.42. The maximum Gasteiger partial charge on any atom is 0.214 e. The summed E-state index contributed by atoms with van der Waals surface area (Å²) in [5.74, 6) is -0.160. The summed E-state index contributed by atoms with van der Waals surface area (Å²) in [6, 6.07) is 4.86. The lowest BCUT2D eigenvalue weighted by molar-refractivity contribution is 0.102. The van der Waals surface area contributed by atoms with E-state index in [4.69, 9.17) is 17.3 Å². The normalized spacial score (nSPS) is 10.7. The molecule has 100 valence electrons. The summed E-state index contributed by atoms with van der Waals surface area (Å²) in [6.45, 7) is 2.71. The van der Waals surface area contributed by atoms with E-state index >= 15 is 0 Å². The molecule has 0 amide bonds. The number of benzene rings is 1. The van der Waals surface area contributed by atoms with Crippen molar-refractivity contribution in [2.24, 2.45) is 0 Å². The number of anilines is 1. The number of carbonyl (C=O) groups is 1. The monoisotopic (exact) mass is 341 g/mol. The number of hydrogen-bond acceptors (Lipinski definition) is 3. The summed E-state index contributed by atoms with van der Waals surface area (Å²) in [7, 11) is 0. The number of hydrogen-bond donors (Lipinski definition) is 1. The number of aryl methyl sites for hydroxylation is 1. The first-order chi connectivity index (χ1) is 9.04. The Morgan fingerprint density at radius 1 is 1.53 bits per heavy atom. The van der Waals surface area contributed by atoms with Crippen LogP contribution in [0.4, 0.5) is 5.69 Å². The Morgan fingerprint density at radius 2 is 2.26 bits per heavy atom. The number of halogens is 2. The second-order valence-electron chi connectivity index (χ2n) is 4.12. The molecule has 6 heteroatoms. The Kier molecular flexibility index (Phi) is 4.27. The molecule has 19 heavy (non-hydrogen) atoms. The molecular formula is C13H13BrClN3O. The first kappa shape index (κ1) is 14.1. The van der Waals surface area contributed by atoms with Crippen molar-refractivity contribution in [3.63, 3.8) is 0 Å². The summed E-state index contributed by atoms with van der Waals surface area (Å²) < 4.78 is 2.35. The molecule has 1 aromatic heterocycles. The molecule has 0 saturated heterocycles. The van der Waals surface area contributed by atoms with Gasteiger partial charge in [-0.2, -0.15) is 5.10 Å².